The van der Waals surface area contributed by atoms with Crippen LogP contribution in [0.25, 0.3) is 0 Å². The molecule has 1 fully saturated rings. The molecule has 0 aromatic heterocycles. The van der Waals surface area contributed by atoms with Gasteiger partial charge in [-0.05, 0) is 25.0 Å². The van der Waals surface area contributed by atoms with Crippen LogP contribution >= 0.6 is 0 Å². The van der Waals surface area contributed by atoms with Crippen molar-refractivity contribution in [1.29, 1.82) is 0 Å². The maximum Gasteiger partial charge on any atom is 0.240 e. The predicted molar refractivity (Wildman–Crippen MR) is 89.3 cm³/mol. The Hall–Kier alpha value is -1.36. The fourth-order valence-corrected chi connectivity index (χ4v) is 4.77. The van der Waals surface area contributed by atoms with E-state index in [0.717, 1.165) is 6.26 Å². The molecule has 0 amide bonds. The van der Waals surface area contributed by atoms with Crippen molar-refractivity contribution in [2.75, 3.05) is 33.6 Å². The second-order valence-electron chi connectivity index (χ2n) is 5.57. The molecule has 0 unspecified atom stereocenters. The van der Waals surface area contributed by atoms with Gasteiger partial charge in [0.1, 0.15) is 0 Å². The molecule has 1 saturated heterocycles. The van der Waals surface area contributed by atoms with Gasteiger partial charge in [-0.1, -0.05) is 0 Å². The van der Waals surface area contributed by atoms with Crippen LogP contribution in [0.15, 0.2) is 23.1 Å². The summed E-state index contributed by atoms with van der Waals surface area (Å²) in [6.07, 6.45) is 2.01. The molecular weight excluding hydrogens is 356 g/mol. The Morgan fingerprint density at radius 3 is 2.12 bits per heavy atom. The second-order valence-corrected chi connectivity index (χ2v) is 9.27. The van der Waals surface area contributed by atoms with E-state index >= 15 is 0 Å². The summed E-state index contributed by atoms with van der Waals surface area (Å²) < 4.78 is 62.2. The number of hydrogen-bond acceptors (Lipinski definition) is 6. The topological polar surface area (TPSA) is 102 Å². The summed E-state index contributed by atoms with van der Waals surface area (Å²) in [6, 6.07) is 4.06. The first-order valence-electron chi connectivity index (χ1n) is 7.37. The van der Waals surface area contributed by atoms with Crippen molar-refractivity contribution in [2.24, 2.45) is 0 Å². The first-order valence-corrected chi connectivity index (χ1v) is 10.7. The molecular formula is C14H22N2O6S2. The minimum absolute atomic E-state index is 0.0747. The lowest BCUT2D eigenvalue weighted by Crippen LogP contribution is -2.46. The molecule has 1 aromatic rings. The van der Waals surface area contributed by atoms with Crippen molar-refractivity contribution < 1.29 is 26.3 Å². The summed E-state index contributed by atoms with van der Waals surface area (Å²) in [4.78, 5) is 0.0747. The Labute approximate surface area is 142 Å². The summed E-state index contributed by atoms with van der Waals surface area (Å²) in [6.45, 7) is 0.607. The Morgan fingerprint density at radius 2 is 1.62 bits per heavy atom. The van der Waals surface area contributed by atoms with Crippen molar-refractivity contribution in [2.45, 2.75) is 23.8 Å². The Bertz CT molecular complexity index is 783. The zero-order valence-electron chi connectivity index (χ0n) is 13.9. The molecule has 1 aliphatic heterocycles. The summed E-state index contributed by atoms with van der Waals surface area (Å²) in [5.41, 5.74) is 0. The fraction of sp³-hybridized carbons (Fsp3) is 0.571. The highest BCUT2D eigenvalue weighted by molar-refractivity contribution is 7.89. The summed E-state index contributed by atoms with van der Waals surface area (Å²) in [5, 5.41) is 0. The average molecular weight is 378 g/mol. The summed E-state index contributed by atoms with van der Waals surface area (Å²) >= 11 is 0. The van der Waals surface area contributed by atoms with Gasteiger partial charge in [-0.2, -0.15) is 0 Å². The van der Waals surface area contributed by atoms with Crippen LogP contribution in [0, 0.1) is 0 Å². The van der Waals surface area contributed by atoms with E-state index in [0.29, 0.717) is 37.4 Å². The van der Waals surface area contributed by atoms with Crippen LogP contribution in [0.1, 0.15) is 12.8 Å². The maximum absolute atomic E-state index is 12.5. The van der Waals surface area contributed by atoms with Crippen LogP contribution in [0.3, 0.4) is 0 Å². The van der Waals surface area contributed by atoms with Gasteiger partial charge in [-0.25, -0.2) is 25.9 Å². The monoisotopic (exact) mass is 378 g/mol. The lowest BCUT2D eigenvalue weighted by Gasteiger charge is -2.30. The van der Waals surface area contributed by atoms with Crippen LogP contribution in [-0.4, -0.2) is 60.7 Å². The Morgan fingerprint density at radius 1 is 1.04 bits per heavy atom. The molecule has 136 valence electrons. The summed E-state index contributed by atoms with van der Waals surface area (Å²) in [5.74, 6) is 0.769. The first kappa shape index (κ1) is 19.0. The molecule has 0 saturated carbocycles. The first-order chi connectivity index (χ1) is 11.2. The Balaban J connectivity index is 2.10. The van der Waals surface area contributed by atoms with E-state index in [1.165, 1.54) is 36.7 Å². The molecule has 0 bridgehead atoms. The molecule has 0 radical (unpaired) electrons. The highest BCUT2D eigenvalue weighted by atomic mass is 32.2. The van der Waals surface area contributed by atoms with Crippen LogP contribution in [0.2, 0.25) is 0 Å². The van der Waals surface area contributed by atoms with Gasteiger partial charge in [0.2, 0.25) is 20.0 Å². The molecule has 1 aromatic carbocycles. The number of benzene rings is 1. The maximum atomic E-state index is 12.5. The van der Waals surface area contributed by atoms with Crippen molar-refractivity contribution in [3.8, 4) is 11.5 Å². The number of nitrogens with zero attached hydrogens (tertiary/aromatic N) is 1. The quantitative estimate of drug-likeness (QED) is 0.769. The highest BCUT2D eigenvalue weighted by Gasteiger charge is 2.28. The minimum Gasteiger partial charge on any atom is -0.493 e. The number of rotatable bonds is 6. The zero-order valence-corrected chi connectivity index (χ0v) is 15.5. The number of piperidine rings is 1. The van der Waals surface area contributed by atoms with Crippen LogP contribution in [0.5, 0.6) is 11.5 Å². The average Bonchev–Trinajstić information content (AvgIpc) is 2.53. The second kappa shape index (κ2) is 7.26. The van der Waals surface area contributed by atoms with Gasteiger partial charge < -0.3 is 9.47 Å². The van der Waals surface area contributed by atoms with Crippen LogP contribution in [0.4, 0.5) is 0 Å². The third-order valence-electron chi connectivity index (χ3n) is 3.91. The Kier molecular flexibility index (Phi) is 5.74. The molecule has 1 N–H and O–H groups in total. The molecule has 0 spiro atoms. The molecule has 0 atom stereocenters. The van der Waals surface area contributed by atoms with E-state index in [4.69, 9.17) is 9.47 Å². The van der Waals surface area contributed by atoms with E-state index < -0.39 is 20.0 Å². The van der Waals surface area contributed by atoms with Gasteiger partial charge >= 0.3 is 0 Å². The molecule has 2 rings (SSSR count). The van der Waals surface area contributed by atoms with Gasteiger partial charge in [0.25, 0.3) is 0 Å². The lowest BCUT2D eigenvalue weighted by molar-refractivity contribution is 0.310. The van der Waals surface area contributed by atoms with Gasteiger partial charge in [0, 0.05) is 25.2 Å². The number of methoxy groups -OCH3 is 2. The lowest BCUT2D eigenvalue weighted by atomic mass is 10.1. The normalized spacial score (nSPS) is 17.6. The summed E-state index contributed by atoms with van der Waals surface area (Å²) in [7, 11) is -4.05. The molecule has 1 heterocycles. The van der Waals surface area contributed by atoms with E-state index in [1.807, 2.05) is 0 Å². The number of ether oxygens (including phenoxy) is 2. The van der Waals surface area contributed by atoms with Crippen molar-refractivity contribution in [1.82, 2.24) is 9.03 Å². The molecule has 24 heavy (non-hydrogen) atoms. The van der Waals surface area contributed by atoms with E-state index in [-0.39, 0.29) is 10.9 Å². The highest BCUT2D eigenvalue weighted by Crippen LogP contribution is 2.29. The number of sulfonamides is 2. The smallest absolute Gasteiger partial charge is 0.240 e. The SMILES string of the molecule is COc1ccc(S(=O)(=O)NC2CCN(S(C)(=O)=O)CC2)cc1OC. The molecule has 10 heteroatoms. The van der Waals surface area contributed by atoms with Gasteiger partial charge in [-0.15, -0.1) is 0 Å². The van der Waals surface area contributed by atoms with E-state index in [9.17, 15) is 16.8 Å². The van der Waals surface area contributed by atoms with Gasteiger partial charge in [0.15, 0.2) is 11.5 Å². The largest absolute Gasteiger partial charge is 0.493 e. The van der Waals surface area contributed by atoms with E-state index in [1.54, 1.807) is 0 Å². The van der Waals surface area contributed by atoms with Crippen LogP contribution < -0.4 is 14.2 Å². The number of hydrogen-bond donors (Lipinski definition) is 1. The van der Waals surface area contributed by atoms with Crippen molar-refractivity contribution in [3.05, 3.63) is 18.2 Å². The molecule has 8 nitrogen and oxygen atoms in total. The third-order valence-corrected chi connectivity index (χ3v) is 6.73. The third kappa shape index (κ3) is 4.38. The van der Waals surface area contributed by atoms with Crippen molar-refractivity contribution >= 4 is 20.0 Å². The predicted octanol–water partition coefficient (Wildman–Crippen LogP) is 0.406. The van der Waals surface area contributed by atoms with Gasteiger partial charge in [0.05, 0.1) is 25.4 Å². The minimum atomic E-state index is -3.72. The zero-order chi connectivity index (χ0) is 18.0. The molecule has 1 aliphatic rings. The molecule has 0 aliphatic carbocycles. The fourth-order valence-electron chi connectivity index (χ4n) is 2.58. The van der Waals surface area contributed by atoms with Crippen molar-refractivity contribution in [3.63, 3.8) is 0 Å². The van der Waals surface area contributed by atoms with E-state index in [2.05, 4.69) is 4.72 Å². The standard InChI is InChI=1S/C14H22N2O6S2/c1-21-13-5-4-12(10-14(13)22-2)24(19,20)15-11-6-8-16(9-7-11)23(3,17)18/h4-5,10-11,15H,6-9H2,1-3H3. The van der Waals surface area contributed by atoms with Crippen LogP contribution in [-0.2, 0) is 20.0 Å². The van der Waals surface area contributed by atoms with Gasteiger partial charge in [-0.3, -0.25) is 0 Å². The number of nitrogens with one attached hydrogen (secondary N) is 1.